The van der Waals surface area contributed by atoms with Crippen molar-refractivity contribution >= 4 is 18.2 Å². The summed E-state index contributed by atoms with van der Waals surface area (Å²) in [5.74, 6) is -0.0419. The van der Waals surface area contributed by atoms with Gasteiger partial charge in [-0.3, -0.25) is 9.59 Å². The van der Waals surface area contributed by atoms with E-state index < -0.39 is 47.1 Å². The highest BCUT2D eigenvalue weighted by atomic mass is 16.7. The van der Waals surface area contributed by atoms with Crippen molar-refractivity contribution in [2.24, 2.45) is 5.92 Å². The summed E-state index contributed by atoms with van der Waals surface area (Å²) in [4.78, 5) is 36.6. The molecule has 0 amide bonds. The number of fused-ring (bicyclic) bond motifs is 4. The van der Waals surface area contributed by atoms with Crippen molar-refractivity contribution in [2.45, 2.75) is 81.3 Å². The predicted molar refractivity (Wildman–Crippen MR) is 100 cm³/mol. The summed E-state index contributed by atoms with van der Waals surface area (Å²) in [5.41, 5.74) is -1.90. The van der Waals surface area contributed by atoms with Crippen LogP contribution in [0.1, 0.15) is 61.6 Å². The molecule has 31 heavy (non-hydrogen) atoms. The zero-order valence-corrected chi connectivity index (χ0v) is 17.5. The van der Waals surface area contributed by atoms with Crippen molar-refractivity contribution in [3.05, 3.63) is 23.2 Å². The molecule has 0 saturated carbocycles. The first-order valence-corrected chi connectivity index (χ1v) is 10.6. The van der Waals surface area contributed by atoms with Crippen LogP contribution < -0.4 is 0 Å². The molecule has 1 aromatic rings. The Balaban J connectivity index is 1.43. The number of carbonyl (C=O) groups is 3. The van der Waals surface area contributed by atoms with E-state index in [2.05, 4.69) is 0 Å². The molecular weight excluding hydrogens is 408 g/mol. The summed E-state index contributed by atoms with van der Waals surface area (Å²) in [6.07, 6.45) is -0.241. The van der Waals surface area contributed by atoms with E-state index in [0.29, 0.717) is 43.0 Å². The van der Waals surface area contributed by atoms with Gasteiger partial charge in [0.05, 0.1) is 17.8 Å². The molecule has 9 nitrogen and oxygen atoms in total. The summed E-state index contributed by atoms with van der Waals surface area (Å²) in [5, 5.41) is 0. The Morgan fingerprint density at radius 3 is 2.68 bits per heavy atom. The van der Waals surface area contributed by atoms with Gasteiger partial charge in [0.2, 0.25) is 5.60 Å². The highest BCUT2D eigenvalue weighted by molar-refractivity contribution is 5.88. The zero-order chi connectivity index (χ0) is 21.8. The number of epoxide rings is 3. The molecule has 0 aromatic carbocycles. The molecule has 8 unspecified atom stereocenters. The van der Waals surface area contributed by atoms with Crippen molar-refractivity contribution in [3.8, 4) is 0 Å². The summed E-state index contributed by atoms with van der Waals surface area (Å²) in [7, 11) is 0. The van der Waals surface area contributed by atoms with Crippen LogP contribution >= 0.6 is 0 Å². The Labute approximate surface area is 178 Å². The van der Waals surface area contributed by atoms with Crippen molar-refractivity contribution < 1.29 is 42.5 Å². The molecular formula is C22H24O9. The van der Waals surface area contributed by atoms with Crippen LogP contribution in [0.2, 0.25) is 0 Å². The first-order chi connectivity index (χ1) is 14.7. The third-order valence-electron chi connectivity index (χ3n) is 7.52. The largest absolute Gasteiger partial charge is 0.462 e. The quantitative estimate of drug-likeness (QED) is 0.399. The molecule has 4 saturated heterocycles. The maximum Gasteiger partial charge on any atom is 0.345 e. The fourth-order valence-electron chi connectivity index (χ4n) is 5.42. The second-order valence-corrected chi connectivity index (χ2v) is 9.77. The van der Waals surface area contributed by atoms with Gasteiger partial charge in [0.1, 0.15) is 41.5 Å². The van der Waals surface area contributed by atoms with Crippen LogP contribution in [0.25, 0.3) is 0 Å². The molecule has 0 spiro atoms. The number of rotatable bonds is 3. The fraction of sp³-hybridized carbons (Fsp3) is 0.682. The van der Waals surface area contributed by atoms with Crippen LogP contribution in [0.4, 0.5) is 0 Å². The number of hydrogen-bond acceptors (Lipinski definition) is 9. The lowest BCUT2D eigenvalue weighted by Crippen LogP contribution is -2.43. The number of esters is 2. The lowest BCUT2D eigenvalue weighted by molar-refractivity contribution is -0.166. The van der Waals surface area contributed by atoms with Gasteiger partial charge in [-0.15, -0.1) is 0 Å². The average molecular weight is 432 g/mol. The maximum absolute atomic E-state index is 12.9. The molecule has 4 fully saturated rings. The Bertz CT molecular complexity index is 993. The van der Waals surface area contributed by atoms with Crippen molar-refractivity contribution in [1.29, 1.82) is 0 Å². The molecule has 4 bridgehead atoms. The molecule has 166 valence electrons. The van der Waals surface area contributed by atoms with Gasteiger partial charge in [0, 0.05) is 25.7 Å². The van der Waals surface area contributed by atoms with E-state index in [1.807, 2.05) is 13.8 Å². The molecule has 6 heterocycles. The smallest absolute Gasteiger partial charge is 0.345 e. The van der Waals surface area contributed by atoms with Crippen molar-refractivity contribution in [1.82, 2.24) is 0 Å². The summed E-state index contributed by atoms with van der Waals surface area (Å²) < 4.78 is 34.9. The Kier molecular flexibility index (Phi) is 3.74. The molecule has 0 N–H and O–H groups in total. The first kappa shape index (κ1) is 19.5. The summed E-state index contributed by atoms with van der Waals surface area (Å²) in [6.45, 7) is 5.72. The lowest BCUT2D eigenvalue weighted by Gasteiger charge is -2.27. The molecule has 5 aliphatic heterocycles. The van der Waals surface area contributed by atoms with Gasteiger partial charge >= 0.3 is 11.9 Å². The molecule has 1 aromatic heterocycles. The van der Waals surface area contributed by atoms with Gasteiger partial charge in [0.15, 0.2) is 6.29 Å². The van der Waals surface area contributed by atoms with Crippen molar-refractivity contribution in [3.63, 3.8) is 0 Å². The third kappa shape index (κ3) is 2.76. The van der Waals surface area contributed by atoms with E-state index in [0.717, 1.165) is 6.29 Å². The molecule has 0 radical (unpaired) electrons. The second kappa shape index (κ2) is 5.96. The number of furan rings is 1. The molecule has 6 rings (SSSR count). The van der Waals surface area contributed by atoms with E-state index in [1.54, 1.807) is 6.07 Å². The van der Waals surface area contributed by atoms with Crippen LogP contribution in [-0.2, 0) is 39.7 Å². The number of aldehydes is 1. The van der Waals surface area contributed by atoms with E-state index >= 15 is 0 Å². The Morgan fingerprint density at radius 1 is 1.26 bits per heavy atom. The second-order valence-electron chi connectivity index (χ2n) is 9.77. The van der Waals surface area contributed by atoms with E-state index in [-0.39, 0.29) is 12.0 Å². The topological polar surface area (TPSA) is 120 Å². The minimum atomic E-state index is -1.30. The minimum Gasteiger partial charge on any atom is -0.462 e. The van der Waals surface area contributed by atoms with E-state index in [4.69, 9.17) is 28.1 Å². The molecule has 8 atom stereocenters. The van der Waals surface area contributed by atoms with Crippen LogP contribution in [0.3, 0.4) is 0 Å². The van der Waals surface area contributed by atoms with E-state index in [9.17, 15) is 14.4 Å². The Hall–Kier alpha value is -2.23. The monoisotopic (exact) mass is 432 g/mol. The van der Waals surface area contributed by atoms with Crippen LogP contribution in [0, 0.1) is 5.92 Å². The van der Waals surface area contributed by atoms with Crippen LogP contribution in [0.15, 0.2) is 10.5 Å². The number of hydrogen-bond donors (Lipinski definition) is 0. The van der Waals surface area contributed by atoms with Gasteiger partial charge in [-0.25, -0.2) is 4.79 Å². The Morgan fingerprint density at radius 2 is 2.03 bits per heavy atom. The van der Waals surface area contributed by atoms with Gasteiger partial charge in [0.25, 0.3) is 0 Å². The van der Waals surface area contributed by atoms with Crippen molar-refractivity contribution in [2.75, 3.05) is 6.61 Å². The van der Waals surface area contributed by atoms with E-state index in [1.165, 1.54) is 6.92 Å². The average Bonchev–Trinajstić information content (AvgIpc) is 3.64. The molecule has 9 heteroatoms. The normalized spacial score (nSPS) is 46.9. The first-order valence-electron chi connectivity index (χ1n) is 10.6. The zero-order valence-electron chi connectivity index (χ0n) is 17.5. The van der Waals surface area contributed by atoms with Gasteiger partial charge in [-0.2, -0.15) is 0 Å². The fourth-order valence-corrected chi connectivity index (χ4v) is 5.42. The highest BCUT2D eigenvalue weighted by Crippen LogP contribution is 2.59. The summed E-state index contributed by atoms with van der Waals surface area (Å²) >= 11 is 0. The molecule has 5 aliphatic rings. The number of ether oxygens (including phenoxy) is 5. The maximum atomic E-state index is 12.9. The highest BCUT2D eigenvalue weighted by Gasteiger charge is 2.79. The SMILES string of the molecule is CC(=O)OC1CC(C2(C)CO2)Cc2oc(cc2C=O)C2OC2(C)CC2OC(=O)C13OC23. The van der Waals surface area contributed by atoms with Gasteiger partial charge in [-0.05, 0) is 26.3 Å². The minimum absolute atomic E-state index is 0.173. The summed E-state index contributed by atoms with van der Waals surface area (Å²) in [6, 6.07) is 1.72. The van der Waals surface area contributed by atoms with Gasteiger partial charge < -0.3 is 28.1 Å². The lowest BCUT2D eigenvalue weighted by atomic mass is 9.80. The van der Waals surface area contributed by atoms with Crippen LogP contribution in [-0.4, -0.2) is 59.9 Å². The molecule has 0 aliphatic carbocycles. The standard InChI is InChI=1S/C22H24O9/c1-10(24)27-16-6-12(21(3)9-26-21)5-13-11(8-23)4-14(28-13)17-20(2,30-17)7-15-18-22(16,31-18)19(25)29-15/h4,8,12,15-18H,5-7,9H2,1-3H3. The van der Waals surface area contributed by atoms with Gasteiger partial charge in [-0.1, -0.05) is 0 Å². The number of carbonyl (C=O) groups excluding carboxylic acids is 3. The predicted octanol–water partition coefficient (Wildman–Crippen LogP) is 1.66. The third-order valence-corrected chi connectivity index (χ3v) is 7.52. The van der Waals surface area contributed by atoms with Crippen LogP contribution in [0.5, 0.6) is 0 Å².